The zero-order valence-electron chi connectivity index (χ0n) is 12.0. The first kappa shape index (κ1) is 14.1. The van der Waals surface area contributed by atoms with Gasteiger partial charge in [-0.05, 0) is 46.1 Å². The van der Waals surface area contributed by atoms with Gasteiger partial charge in [0.05, 0.1) is 11.3 Å². The molecular weight excluding hydrogens is 242 g/mol. The minimum Gasteiger partial charge on any atom is -0.390 e. The topological polar surface area (TPSA) is 58.4 Å². The van der Waals surface area contributed by atoms with Crippen LogP contribution in [0.25, 0.3) is 0 Å². The lowest BCUT2D eigenvalue weighted by molar-refractivity contribution is -0.132. The van der Waals surface area contributed by atoms with E-state index in [0.29, 0.717) is 19.5 Å². The van der Waals surface area contributed by atoms with Crippen LogP contribution < -0.4 is 0 Å². The van der Waals surface area contributed by atoms with Crippen LogP contribution in [0.4, 0.5) is 0 Å². The van der Waals surface area contributed by atoms with E-state index in [2.05, 4.69) is 5.10 Å². The second kappa shape index (κ2) is 5.33. The van der Waals surface area contributed by atoms with Gasteiger partial charge >= 0.3 is 0 Å². The molecule has 1 unspecified atom stereocenters. The molecule has 1 aromatic heterocycles. The Morgan fingerprint density at radius 3 is 2.79 bits per heavy atom. The van der Waals surface area contributed by atoms with Crippen molar-refractivity contribution in [3.8, 4) is 0 Å². The summed E-state index contributed by atoms with van der Waals surface area (Å²) < 4.78 is 1.75. The minimum absolute atomic E-state index is 0.0869. The number of aliphatic hydroxyl groups is 1. The molecule has 106 valence electrons. The third kappa shape index (κ3) is 3.56. The second-order valence-electron chi connectivity index (χ2n) is 5.82. The zero-order chi connectivity index (χ0) is 14.0. The molecule has 1 N–H and O–H groups in total. The molecule has 1 fully saturated rings. The number of nitrogens with zero attached hydrogens (tertiary/aromatic N) is 3. The van der Waals surface area contributed by atoms with E-state index in [0.717, 1.165) is 30.8 Å². The molecule has 5 nitrogen and oxygen atoms in total. The number of carbonyl (C=O) groups is 1. The minimum atomic E-state index is -0.632. The smallest absolute Gasteiger partial charge is 0.244 e. The summed E-state index contributed by atoms with van der Waals surface area (Å²) in [6, 6.07) is 1.97. The van der Waals surface area contributed by atoms with Gasteiger partial charge in [-0.2, -0.15) is 5.10 Å². The average molecular weight is 265 g/mol. The average Bonchev–Trinajstić information content (AvgIpc) is 2.51. The van der Waals surface area contributed by atoms with Gasteiger partial charge in [0.1, 0.15) is 6.54 Å². The molecule has 2 rings (SSSR count). The second-order valence-corrected chi connectivity index (χ2v) is 5.82. The molecule has 1 aliphatic rings. The Morgan fingerprint density at radius 2 is 2.16 bits per heavy atom. The fourth-order valence-electron chi connectivity index (χ4n) is 2.58. The fourth-order valence-corrected chi connectivity index (χ4v) is 2.58. The van der Waals surface area contributed by atoms with Gasteiger partial charge in [0, 0.05) is 18.8 Å². The van der Waals surface area contributed by atoms with Crippen LogP contribution in [0.1, 0.15) is 37.6 Å². The summed E-state index contributed by atoms with van der Waals surface area (Å²) in [4.78, 5) is 14.1. The lowest BCUT2D eigenvalue weighted by Crippen LogP contribution is -2.36. The normalized spacial score (nSPS) is 24.3. The largest absolute Gasteiger partial charge is 0.390 e. The maximum atomic E-state index is 12.3. The molecule has 0 bridgehead atoms. The predicted octanol–water partition coefficient (Wildman–Crippen LogP) is 1.26. The van der Waals surface area contributed by atoms with Crippen LogP contribution >= 0.6 is 0 Å². The lowest BCUT2D eigenvalue weighted by Gasteiger charge is -2.22. The lowest BCUT2D eigenvalue weighted by atomic mass is 9.98. The highest BCUT2D eigenvalue weighted by molar-refractivity contribution is 5.76. The van der Waals surface area contributed by atoms with Crippen LogP contribution in [0.2, 0.25) is 0 Å². The Labute approximate surface area is 114 Å². The molecule has 2 heterocycles. The van der Waals surface area contributed by atoms with E-state index in [9.17, 15) is 9.90 Å². The van der Waals surface area contributed by atoms with Crippen LogP contribution in [0.3, 0.4) is 0 Å². The van der Waals surface area contributed by atoms with Crippen molar-refractivity contribution < 1.29 is 9.90 Å². The van der Waals surface area contributed by atoms with Crippen molar-refractivity contribution in [1.29, 1.82) is 0 Å². The van der Waals surface area contributed by atoms with Crippen molar-refractivity contribution in [2.75, 3.05) is 13.1 Å². The Bertz CT molecular complexity index is 465. The van der Waals surface area contributed by atoms with E-state index < -0.39 is 5.60 Å². The van der Waals surface area contributed by atoms with Crippen LogP contribution in [-0.4, -0.2) is 44.4 Å². The Balaban J connectivity index is 1.98. The maximum absolute atomic E-state index is 12.3. The first-order valence-corrected chi connectivity index (χ1v) is 6.89. The molecule has 1 atom stereocenters. The Kier molecular flexibility index (Phi) is 3.94. The van der Waals surface area contributed by atoms with Gasteiger partial charge in [-0.1, -0.05) is 0 Å². The number of aromatic nitrogens is 2. The number of rotatable bonds is 2. The molecule has 1 aromatic rings. The van der Waals surface area contributed by atoms with Crippen molar-refractivity contribution in [2.45, 2.75) is 52.2 Å². The molecule has 0 spiro atoms. The Morgan fingerprint density at radius 1 is 1.42 bits per heavy atom. The monoisotopic (exact) mass is 265 g/mol. The van der Waals surface area contributed by atoms with Crippen molar-refractivity contribution >= 4 is 5.91 Å². The van der Waals surface area contributed by atoms with E-state index in [1.807, 2.05) is 31.7 Å². The molecule has 19 heavy (non-hydrogen) atoms. The predicted molar refractivity (Wildman–Crippen MR) is 72.8 cm³/mol. The highest BCUT2D eigenvalue weighted by Gasteiger charge is 2.27. The SMILES string of the molecule is Cc1cc(C)n(CC(=O)N2CCCC(C)(O)CC2)n1. The molecule has 0 aromatic carbocycles. The molecular formula is C14H23N3O2. The summed E-state index contributed by atoms with van der Waals surface area (Å²) in [6.07, 6.45) is 2.27. The molecule has 0 saturated carbocycles. The van der Waals surface area contributed by atoms with Gasteiger partial charge in [-0.3, -0.25) is 9.48 Å². The summed E-state index contributed by atoms with van der Waals surface area (Å²) in [5.74, 6) is 0.0869. The van der Waals surface area contributed by atoms with Crippen molar-refractivity contribution in [3.05, 3.63) is 17.5 Å². The molecule has 0 aliphatic carbocycles. The van der Waals surface area contributed by atoms with Gasteiger partial charge in [-0.15, -0.1) is 0 Å². The number of likely N-dealkylation sites (tertiary alicyclic amines) is 1. The van der Waals surface area contributed by atoms with Crippen LogP contribution in [0.5, 0.6) is 0 Å². The van der Waals surface area contributed by atoms with Gasteiger partial charge in [-0.25, -0.2) is 0 Å². The standard InChI is InChI=1S/C14H23N3O2/c1-11-9-12(2)17(15-11)10-13(18)16-7-4-5-14(3,19)6-8-16/h9,19H,4-8,10H2,1-3H3. The third-order valence-corrected chi connectivity index (χ3v) is 3.80. The molecule has 1 amide bonds. The van der Waals surface area contributed by atoms with Crippen LogP contribution in [0, 0.1) is 13.8 Å². The van der Waals surface area contributed by atoms with Gasteiger partial charge < -0.3 is 10.0 Å². The van der Waals surface area contributed by atoms with E-state index in [-0.39, 0.29) is 5.91 Å². The number of aryl methyl sites for hydroxylation is 2. The summed E-state index contributed by atoms with van der Waals surface area (Å²) >= 11 is 0. The van der Waals surface area contributed by atoms with Crippen LogP contribution in [0.15, 0.2) is 6.07 Å². The first-order valence-electron chi connectivity index (χ1n) is 6.89. The quantitative estimate of drug-likeness (QED) is 0.876. The third-order valence-electron chi connectivity index (χ3n) is 3.80. The first-order chi connectivity index (χ1) is 8.87. The molecule has 1 aliphatic heterocycles. The highest BCUT2D eigenvalue weighted by atomic mass is 16.3. The van der Waals surface area contributed by atoms with Crippen molar-refractivity contribution in [3.63, 3.8) is 0 Å². The van der Waals surface area contributed by atoms with Crippen molar-refractivity contribution in [1.82, 2.24) is 14.7 Å². The maximum Gasteiger partial charge on any atom is 0.244 e. The Hall–Kier alpha value is -1.36. The number of carbonyl (C=O) groups excluding carboxylic acids is 1. The van der Waals surface area contributed by atoms with Crippen molar-refractivity contribution in [2.24, 2.45) is 0 Å². The molecule has 0 radical (unpaired) electrons. The molecule has 5 heteroatoms. The molecule has 1 saturated heterocycles. The number of hydrogen-bond acceptors (Lipinski definition) is 3. The summed E-state index contributed by atoms with van der Waals surface area (Å²) in [6.45, 7) is 7.39. The van der Waals surface area contributed by atoms with Gasteiger partial charge in [0.25, 0.3) is 0 Å². The van der Waals surface area contributed by atoms with Gasteiger partial charge in [0.2, 0.25) is 5.91 Å². The summed E-state index contributed by atoms with van der Waals surface area (Å²) in [7, 11) is 0. The number of amides is 1. The summed E-state index contributed by atoms with van der Waals surface area (Å²) in [5.41, 5.74) is 1.31. The van der Waals surface area contributed by atoms with E-state index in [4.69, 9.17) is 0 Å². The van der Waals surface area contributed by atoms with E-state index >= 15 is 0 Å². The van der Waals surface area contributed by atoms with E-state index in [1.165, 1.54) is 0 Å². The number of hydrogen-bond donors (Lipinski definition) is 1. The highest BCUT2D eigenvalue weighted by Crippen LogP contribution is 2.21. The van der Waals surface area contributed by atoms with Crippen LogP contribution in [-0.2, 0) is 11.3 Å². The van der Waals surface area contributed by atoms with E-state index in [1.54, 1.807) is 4.68 Å². The fraction of sp³-hybridized carbons (Fsp3) is 0.714. The van der Waals surface area contributed by atoms with Gasteiger partial charge in [0.15, 0.2) is 0 Å². The zero-order valence-corrected chi connectivity index (χ0v) is 12.0. The summed E-state index contributed by atoms with van der Waals surface area (Å²) in [5, 5.41) is 14.4.